The summed E-state index contributed by atoms with van der Waals surface area (Å²) in [6.45, 7) is 5.57. The Hall–Kier alpha value is -1.43. The summed E-state index contributed by atoms with van der Waals surface area (Å²) in [4.78, 5) is 16.0. The van der Waals surface area contributed by atoms with Gasteiger partial charge in [0, 0.05) is 16.1 Å². The van der Waals surface area contributed by atoms with Crippen molar-refractivity contribution in [1.29, 1.82) is 0 Å². The third-order valence-electron chi connectivity index (χ3n) is 2.30. The van der Waals surface area contributed by atoms with Crippen molar-refractivity contribution in [1.82, 2.24) is 15.2 Å². The zero-order valence-electron chi connectivity index (χ0n) is 9.84. The molecule has 5 nitrogen and oxygen atoms in total. The fourth-order valence-electron chi connectivity index (χ4n) is 1.27. The summed E-state index contributed by atoms with van der Waals surface area (Å²) in [5.74, 6) is 0.511. The number of nitrogens with zero attached hydrogens (tertiary/aromatic N) is 2. The number of pyridine rings is 1. The van der Waals surface area contributed by atoms with E-state index in [9.17, 15) is 4.79 Å². The molecule has 0 unspecified atom stereocenters. The lowest BCUT2D eigenvalue weighted by molar-refractivity contribution is -0.123. The molecule has 6 heteroatoms. The highest BCUT2D eigenvalue weighted by Crippen LogP contribution is 2.24. The highest BCUT2D eigenvalue weighted by atomic mass is 79.9. The molecule has 1 amide bonds. The molecule has 90 valence electrons. The summed E-state index contributed by atoms with van der Waals surface area (Å²) < 4.78 is 0.845. The molecular weight excluding hydrogens is 284 g/mol. The first-order valence-electron chi connectivity index (χ1n) is 5.19. The van der Waals surface area contributed by atoms with E-state index < -0.39 is 5.41 Å². The zero-order chi connectivity index (χ0) is 12.6. The molecule has 2 aromatic heterocycles. The minimum absolute atomic E-state index is 0.0666. The number of carbonyl (C=O) groups excluding carboxylic acids is 1. The minimum atomic E-state index is -0.448. The average molecular weight is 297 g/mol. The Morgan fingerprint density at radius 3 is 2.82 bits per heavy atom. The van der Waals surface area contributed by atoms with Crippen LogP contribution in [0.1, 0.15) is 20.8 Å². The Kier molecular flexibility index (Phi) is 2.91. The molecule has 0 saturated carbocycles. The van der Waals surface area contributed by atoms with E-state index in [2.05, 4.69) is 36.4 Å². The molecule has 0 aliphatic heterocycles. The maximum atomic E-state index is 11.9. The van der Waals surface area contributed by atoms with Gasteiger partial charge in [0.15, 0.2) is 5.65 Å². The number of rotatable bonds is 1. The number of amides is 1. The number of carbonyl (C=O) groups is 1. The van der Waals surface area contributed by atoms with Crippen LogP contribution < -0.4 is 5.32 Å². The summed E-state index contributed by atoms with van der Waals surface area (Å²) in [5.41, 5.74) is 0.133. The maximum Gasteiger partial charge on any atom is 0.230 e. The van der Waals surface area contributed by atoms with Crippen LogP contribution in [0.25, 0.3) is 11.0 Å². The summed E-state index contributed by atoms with van der Waals surface area (Å²) >= 11 is 3.34. The van der Waals surface area contributed by atoms with Crippen molar-refractivity contribution in [3.05, 3.63) is 16.7 Å². The number of hydrogen-bond acceptors (Lipinski definition) is 3. The highest BCUT2D eigenvalue weighted by Gasteiger charge is 2.22. The van der Waals surface area contributed by atoms with Crippen LogP contribution in [0, 0.1) is 5.41 Å². The number of nitrogens with one attached hydrogen (secondary N) is 2. The van der Waals surface area contributed by atoms with Crippen LogP contribution in [0.5, 0.6) is 0 Å². The van der Waals surface area contributed by atoms with Crippen molar-refractivity contribution in [2.75, 3.05) is 5.32 Å². The van der Waals surface area contributed by atoms with Crippen LogP contribution in [0.15, 0.2) is 16.7 Å². The molecule has 2 heterocycles. The summed E-state index contributed by atoms with van der Waals surface area (Å²) in [6, 6.07) is 1.87. The number of aromatic amines is 1. The Morgan fingerprint density at radius 1 is 1.47 bits per heavy atom. The van der Waals surface area contributed by atoms with Gasteiger partial charge in [0.25, 0.3) is 0 Å². The van der Waals surface area contributed by atoms with Gasteiger partial charge in [-0.25, -0.2) is 4.98 Å². The maximum absolute atomic E-state index is 11.9. The third-order valence-corrected chi connectivity index (χ3v) is 2.73. The first-order chi connectivity index (χ1) is 7.88. The SMILES string of the molecule is CC(C)(C)C(=O)Nc1[nH]nc2ncc(Br)cc12. The fraction of sp³-hybridized carbons (Fsp3) is 0.364. The van der Waals surface area contributed by atoms with Crippen LogP contribution in [-0.2, 0) is 4.79 Å². The van der Waals surface area contributed by atoms with Gasteiger partial charge in [-0.05, 0) is 22.0 Å². The molecule has 0 fully saturated rings. The van der Waals surface area contributed by atoms with Crippen molar-refractivity contribution < 1.29 is 4.79 Å². The lowest BCUT2D eigenvalue weighted by Gasteiger charge is -2.16. The fourth-order valence-corrected chi connectivity index (χ4v) is 1.60. The molecule has 2 rings (SSSR count). The molecular formula is C11H13BrN4O. The minimum Gasteiger partial charge on any atom is -0.310 e. The van der Waals surface area contributed by atoms with Gasteiger partial charge < -0.3 is 5.32 Å². The highest BCUT2D eigenvalue weighted by molar-refractivity contribution is 9.10. The predicted molar refractivity (Wildman–Crippen MR) is 69.7 cm³/mol. The van der Waals surface area contributed by atoms with E-state index >= 15 is 0 Å². The topological polar surface area (TPSA) is 70.7 Å². The van der Waals surface area contributed by atoms with Crippen molar-refractivity contribution in [3.63, 3.8) is 0 Å². The van der Waals surface area contributed by atoms with Gasteiger partial charge in [-0.2, -0.15) is 5.10 Å². The molecule has 0 aliphatic rings. The Morgan fingerprint density at radius 2 is 2.18 bits per heavy atom. The molecule has 0 aromatic carbocycles. The molecule has 0 aliphatic carbocycles. The van der Waals surface area contributed by atoms with Crippen LogP contribution in [-0.4, -0.2) is 21.1 Å². The molecule has 2 N–H and O–H groups in total. The summed E-state index contributed by atoms with van der Waals surface area (Å²) in [7, 11) is 0. The molecule has 2 aromatic rings. The van der Waals surface area contributed by atoms with Crippen molar-refractivity contribution in [2.45, 2.75) is 20.8 Å². The van der Waals surface area contributed by atoms with Gasteiger partial charge in [0.1, 0.15) is 5.82 Å². The lowest BCUT2D eigenvalue weighted by atomic mass is 9.96. The average Bonchev–Trinajstić information content (AvgIpc) is 2.60. The van der Waals surface area contributed by atoms with E-state index in [4.69, 9.17) is 0 Å². The normalized spacial score (nSPS) is 11.8. The van der Waals surface area contributed by atoms with E-state index in [0.717, 1.165) is 9.86 Å². The lowest BCUT2D eigenvalue weighted by Crippen LogP contribution is -2.27. The molecule has 0 atom stereocenters. The van der Waals surface area contributed by atoms with E-state index in [1.165, 1.54) is 0 Å². The van der Waals surface area contributed by atoms with Crippen molar-refractivity contribution in [2.24, 2.45) is 5.41 Å². The second kappa shape index (κ2) is 4.10. The molecule has 17 heavy (non-hydrogen) atoms. The number of halogens is 1. The van der Waals surface area contributed by atoms with E-state index in [0.29, 0.717) is 11.5 Å². The van der Waals surface area contributed by atoms with E-state index in [1.54, 1.807) is 6.20 Å². The first kappa shape index (κ1) is 12.0. The second-order valence-electron chi connectivity index (χ2n) is 4.83. The smallest absolute Gasteiger partial charge is 0.230 e. The van der Waals surface area contributed by atoms with Gasteiger partial charge >= 0.3 is 0 Å². The Balaban J connectivity index is 2.37. The Labute approximate surface area is 107 Å². The number of hydrogen-bond donors (Lipinski definition) is 2. The molecule has 0 saturated heterocycles. The zero-order valence-corrected chi connectivity index (χ0v) is 11.4. The van der Waals surface area contributed by atoms with Gasteiger partial charge in [0.05, 0.1) is 5.39 Å². The van der Waals surface area contributed by atoms with Gasteiger partial charge in [0.2, 0.25) is 5.91 Å². The van der Waals surface area contributed by atoms with E-state index in [-0.39, 0.29) is 5.91 Å². The monoisotopic (exact) mass is 296 g/mol. The van der Waals surface area contributed by atoms with Crippen molar-refractivity contribution in [3.8, 4) is 0 Å². The number of H-pyrrole nitrogens is 1. The van der Waals surface area contributed by atoms with Crippen LogP contribution in [0.2, 0.25) is 0 Å². The van der Waals surface area contributed by atoms with Gasteiger partial charge in [-0.15, -0.1) is 0 Å². The van der Waals surface area contributed by atoms with Crippen LogP contribution in [0.3, 0.4) is 0 Å². The molecule has 0 spiro atoms. The Bertz CT molecular complexity index is 570. The van der Waals surface area contributed by atoms with Gasteiger partial charge in [-0.3, -0.25) is 9.89 Å². The van der Waals surface area contributed by atoms with Gasteiger partial charge in [-0.1, -0.05) is 20.8 Å². The second-order valence-corrected chi connectivity index (χ2v) is 5.74. The number of anilines is 1. The summed E-state index contributed by atoms with van der Waals surface area (Å²) in [6.07, 6.45) is 1.67. The predicted octanol–water partition coefficient (Wildman–Crippen LogP) is 2.71. The van der Waals surface area contributed by atoms with Crippen molar-refractivity contribution >= 4 is 38.7 Å². The van der Waals surface area contributed by atoms with Crippen LogP contribution in [0.4, 0.5) is 5.82 Å². The van der Waals surface area contributed by atoms with Crippen LogP contribution >= 0.6 is 15.9 Å². The summed E-state index contributed by atoms with van der Waals surface area (Å²) in [5, 5.41) is 10.4. The molecule has 0 radical (unpaired) electrons. The standard InChI is InChI=1S/C11H13BrN4O/c1-11(2,3)10(17)14-9-7-4-6(12)5-13-8(7)15-16-9/h4-5H,1-3H3,(H2,13,14,15,16,17). The number of fused-ring (bicyclic) bond motifs is 1. The van der Waals surface area contributed by atoms with E-state index in [1.807, 2.05) is 26.8 Å². The largest absolute Gasteiger partial charge is 0.310 e. The first-order valence-corrected chi connectivity index (χ1v) is 5.98. The third kappa shape index (κ3) is 2.46. The number of aromatic nitrogens is 3. The quantitative estimate of drug-likeness (QED) is 0.850. The molecule has 0 bridgehead atoms.